The van der Waals surface area contributed by atoms with Crippen LogP contribution in [0.5, 0.6) is 0 Å². The van der Waals surface area contributed by atoms with Crippen LogP contribution in [0.15, 0.2) is 0 Å². The highest BCUT2D eigenvalue weighted by molar-refractivity contribution is 8.24. The largest absolute Gasteiger partial charge is 0.481 e. The SMILES string of the molecule is CCC(C)(C)C(=S)SC(C)(C#N)CC(=O)O. The Balaban J connectivity index is 4.75. The molecule has 1 N–H and O–H groups in total. The molecule has 0 rings (SSSR count). The third kappa shape index (κ3) is 4.50. The molecule has 0 fully saturated rings. The van der Waals surface area contributed by atoms with Gasteiger partial charge in [-0.3, -0.25) is 4.79 Å². The lowest BCUT2D eigenvalue weighted by molar-refractivity contribution is -0.137. The summed E-state index contributed by atoms with van der Waals surface area (Å²) in [5, 5.41) is 17.8. The zero-order valence-corrected chi connectivity index (χ0v) is 11.7. The lowest BCUT2D eigenvalue weighted by Crippen LogP contribution is -2.28. The first-order valence-corrected chi connectivity index (χ1v) is 6.26. The van der Waals surface area contributed by atoms with Crippen LogP contribution in [0.25, 0.3) is 0 Å². The number of hydrogen-bond donors (Lipinski definition) is 1. The number of carboxylic acids is 1. The number of carbonyl (C=O) groups is 1. The zero-order chi connectivity index (χ0) is 13.0. The Morgan fingerprint density at radius 1 is 1.50 bits per heavy atom. The summed E-state index contributed by atoms with van der Waals surface area (Å²) in [5.74, 6) is -0.978. The van der Waals surface area contributed by atoms with E-state index in [4.69, 9.17) is 22.6 Å². The van der Waals surface area contributed by atoms with Gasteiger partial charge in [0.25, 0.3) is 0 Å². The van der Waals surface area contributed by atoms with E-state index in [2.05, 4.69) is 0 Å². The van der Waals surface area contributed by atoms with Crippen molar-refractivity contribution in [3.63, 3.8) is 0 Å². The molecule has 16 heavy (non-hydrogen) atoms. The van der Waals surface area contributed by atoms with Crippen molar-refractivity contribution in [2.24, 2.45) is 5.41 Å². The smallest absolute Gasteiger partial charge is 0.305 e. The number of aliphatic carboxylic acids is 1. The van der Waals surface area contributed by atoms with E-state index < -0.39 is 10.7 Å². The topological polar surface area (TPSA) is 61.1 Å². The minimum absolute atomic E-state index is 0.156. The minimum Gasteiger partial charge on any atom is -0.481 e. The first-order valence-electron chi connectivity index (χ1n) is 5.03. The molecule has 3 nitrogen and oxygen atoms in total. The molecular weight excluding hydrogens is 242 g/mol. The average molecular weight is 259 g/mol. The molecule has 90 valence electrons. The first-order chi connectivity index (χ1) is 7.17. The van der Waals surface area contributed by atoms with Crippen molar-refractivity contribution in [3.8, 4) is 6.07 Å². The maximum atomic E-state index is 10.7. The van der Waals surface area contributed by atoms with Crippen molar-refractivity contribution in [1.29, 1.82) is 5.26 Å². The summed E-state index contributed by atoms with van der Waals surface area (Å²) in [6.45, 7) is 7.64. The fraction of sp³-hybridized carbons (Fsp3) is 0.727. The van der Waals surface area contributed by atoms with Crippen molar-refractivity contribution < 1.29 is 9.90 Å². The van der Waals surface area contributed by atoms with Crippen LogP contribution in [-0.4, -0.2) is 20.0 Å². The number of rotatable bonds is 5. The van der Waals surface area contributed by atoms with E-state index >= 15 is 0 Å². The van der Waals surface area contributed by atoms with Crippen molar-refractivity contribution in [1.82, 2.24) is 0 Å². The van der Waals surface area contributed by atoms with Gasteiger partial charge in [-0.1, -0.05) is 44.8 Å². The predicted molar refractivity (Wildman–Crippen MR) is 70.5 cm³/mol. The molecule has 0 aliphatic heterocycles. The lowest BCUT2D eigenvalue weighted by atomic mass is 9.93. The number of carboxylic acid groups (broad SMARTS) is 1. The van der Waals surface area contributed by atoms with Crippen molar-refractivity contribution in [2.45, 2.75) is 45.3 Å². The van der Waals surface area contributed by atoms with Crippen molar-refractivity contribution >= 4 is 34.1 Å². The van der Waals surface area contributed by atoms with Crippen molar-refractivity contribution in [3.05, 3.63) is 0 Å². The van der Waals surface area contributed by atoms with E-state index in [-0.39, 0.29) is 11.8 Å². The van der Waals surface area contributed by atoms with E-state index in [1.54, 1.807) is 6.92 Å². The maximum Gasteiger partial charge on any atom is 0.305 e. The number of thioether (sulfide) groups is 1. The molecule has 1 unspecified atom stereocenters. The highest BCUT2D eigenvalue weighted by Crippen LogP contribution is 2.37. The van der Waals surface area contributed by atoms with E-state index in [1.165, 1.54) is 11.8 Å². The Morgan fingerprint density at radius 3 is 2.31 bits per heavy atom. The molecule has 0 aromatic carbocycles. The second-order valence-electron chi connectivity index (χ2n) is 4.54. The number of nitriles is 1. The van der Waals surface area contributed by atoms with Crippen LogP contribution in [0, 0.1) is 16.7 Å². The summed E-state index contributed by atoms with van der Waals surface area (Å²) < 4.78 is -0.282. The molecule has 0 heterocycles. The van der Waals surface area contributed by atoms with Gasteiger partial charge in [0.2, 0.25) is 0 Å². The quantitative estimate of drug-likeness (QED) is 0.768. The Bertz CT molecular complexity index is 333. The number of hydrogen-bond acceptors (Lipinski definition) is 4. The molecule has 1 atom stereocenters. The molecular formula is C11H17NO2S2. The van der Waals surface area contributed by atoms with E-state index in [0.717, 1.165) is 6.42 Å². The van der Waals surface area contributed by atoms with Crippen LogP contribution >= 0.6 is 24.0 Å². The van der Waals surface area contributed by atoms with Crippen molar-refractivity contribution in [2.75, 3.05) is 0 Å². The van der Waals surface area contributed by atoms with Crippen LogP contribution in [0.4, 0.5) is 0 Å². The van der Waals surface area contributed by atoms with E-state index in [1.807, 2.05) is 26.8 Å². The second kappa shape index (κ2) is 5.65. The summed E-state index contributed by atoms with van der Waals surface area (Å²) in [6.07, 6.45) is 0.668. The molecule has 0 saturated heterocycles. The summed E-state index contributed by atoms with van der Waals surface area (Å²) in [6, 6.07) is 2.03. The van der Waals surface area contributed by atoms with Crippen LogP contribution in [-0.2, 0) is 4.79 Å². The first kappa shape index (κ1) is 15.4. The fourth-order valence-electron chi connectivity index (χ4n) is 0.874. The van der Waals surface area contributed by atoms with Gasteiger partial charge in [0.15, 0.2) is 0 Å². The minimum atomic E-state index is -0.978. The third-order valence-corrected chi connectivity index (χ3v) is 4.71. The lowest BCUT2D eigenvalue weighted by Gasteiger charge is -2.28. The summed E-state index contributed by atoms with van der Waals surface area (Å²) >= 11 is 6.47. The number of thiocarbonyl (C=S) groups is 1. The highest BCUT2D eigenvalue weighted by atomic mass is 32.2. The molecule has 0 bridgehead atoms. The van der Waals surface area contributed by atoms with Gasteiger partial charge in [0.1, 0.15) is 4.75 Å². The highest BCUT2D eigenvalue weighted by Gasteiger charge is 2.34. The molecule has 0 spiro atoms. The van der Waals surface area contributed by atoms with Gasteiger partial charge < -0.3 is 5.11 Å². The third-order valence-electron chi connectivity index (χ3n) is 2.48. The normalized spacial score (nSPS) is 14.9. The summed E-state index contributed by atoms with van der Waals surface area (Å²) in [4.78, 5) is 10.7. The van der Waals surface area contributed by atoms with E-state index in [0.29, 0.717) is 4.20 Å². The Morgan fingerprint density at radius 2 is 2.00 bits per heavy atom. The molecule has 0 aromatic rings. The van der Waals surface area contributed by atoms with Gasteiger partial charge in [0.05, 0.1) is 16.7 Å². The van der Waals surface area contributed by atoms with E-state index in [9.17, 15) is 4.79 Å². The van der Waals surface area contributed by atoms with Gasteiger partial charge in [-0.25, -0.2) is 0 Å². The molecule has 0 aliphatic carbocycles. The molecule has 5 heteroatoms. The number of nitrogens with zero attached hydrogens (tertiary/aromatic N) is 1. The van der Waals surface area contributed by atoms with Crippen LogP contribution in [0.2, 0.25) is 0 Å². The molecule has 0 amide bonds. The fourth-order valence-corrected chi connectivity index (χ4v) is 2.64. The average Bonchev–Trinajstić information content (AvgIpc) is 2.16. The monoisotopic (exact) mass is 259 g/mol. The Kier molecular flexibility index (Phi) is 5.43. The van der Waals surface area contributed by atoms with Gasteiger partial charge in [-0.2, -0.15) is 5.26 Å². The van der Waals surface area contributed by atoms with Gasteiger partial charge in [0, 0.05) is 5.41 Å². The maximum absolute atomic E-state index is 10.7. The Labute approximate surface area is 106 Å². The standard InChI is InChI=1S/C11H17NO2S2/c1-5-10(2,3)9(15)16-11(4,7-12)6-8(13)14/h5-6H2,1-4H3,(H,13,14). The molecule has 0 saturated carbocycles. The van der Waals surface area contributed by atoms with Gasteiger partial charge in [-0.15, -0.1) is 0 Å². The zero-order valence-electron chi connectivity index (χ0n) is 10.0. The van der Waals surface area contributed by atoms with Crippen LogP contribution < -0.4 is 0 Å². The molecule has 0 radical (unpaired) electrons. The predicted octanol–water partition coefficient (Wildman–Crippen LogP) is 3.24. The van der Waals surface area contributed by atoms with Gasteiger partial charge in [-0.05, 0) is 13.3 Å². The second-order valence-corrected chi connectivity index (χ2v) is 6.72. The van der Waals surface area contributed by atoms with Gasteiger partial charge >= 0.3 is 5.97 Å². The van der Waals surface area contributed by atoms with Crippen LogP contribution in [0.3, 0.4) is 0 Å². The summed E-state index contributed by atoms with van der Waals surface area (Å²) in [7, 11) is 0. The Hall–Kier alpha value is -0.600. The molecule has 0 aliphatic rings. The summed E-state index contributed by atoms with van der Waals surface area (Å²) in [5.41, 5.74) is -0.156. The molecule has 0 aromatic heterocycles. The van der Waals surface area contributed by atoms with Crippen LogP contribution in [0.1, 0.15) is 40.5 Å².